The van der Waals surface area contributed by atoms with Gasteiger partial charge in [0.05, 0.1) is 13.0 Å². The van der Waals surface area contributed by atoms with Gasteiger partial charge in [0.15, 0.2) is 0 Å². The predicted molar refractivity (Wildman–Crippen MR) is 60.0 cm³/mol. The zero-order chi connectivity index (χ0) is 12.1. The predicted octanol–water partition coefficient (Wildman–Crippen LogP) is 1.60. The SMILES string of the molecule is COCC(C)N(CCC(=O)O)C(C)(C)C. The first-order valence-electron chi connectivity index (χ1n) is 5.26. The Bertz CT molecular complexity index is 198. The number of hydrogen-bond acceptors (Lipinski definition) is 3. The molecule has 0 amide bonds. The molecule has 0 aliphatic heterocycles. The van der Waals surface area contributed by atoms with Gasteiger partial charge in [-0.3, -0.25) is 9.69 Å². The van der Waals surface area contributed by atoms with Crippen LogP contribution in [0.15, 0.2) is 0 Å². The second kappa shape index (κ2) is 6.08. The van der Waals surface area contributed by atoms with Crippen LogP contribution in [0.3, 0.4) is 0 Å². The van der Waals surface area contributed by atoms with E-state index in [-0.39, 0.29) is 18.0 Å². The maximum atomic E-state index is 10.6. The Labute approximate surface area is 92.2 Å². The number of ether oxygens (including phenoxy) is 1. The van der Waals surface area contributed by atoms with Crippen LogP contribution < -0.4 is 0 Å². The normalized spacial score (nSPS) is 14.3. The highest BCUT2D eigenvalue weighted by Gasteiger charge is 2.26. The van der Waals surface area contributed by atoms with Crippen molar-refractivity contribution in [3.63, 3.8) is 0 Å². The minimum atomic E-state index is -0.756. The van der Waals surface area contributed by atoms with E-state index in [0.717, 1.165) is 0 Å². The van der Waals surface area contributed by atoms with Crippen molar-refractivity contribution in [2.24, 2.45) is 0 Å². The van der Waals surface area contributed by atoms with Gasteiger partial charge in [-0.2, -0.15) is 0 Å². The number of rotatable bonds is 6. The lowest BCUT2D eigenvalue weighted by Gasteiger charge is -2.39. The van der Waals surface area contributed by atoms with E-state index in [2.05, 4.69) is 32.6 Å². The molecule has 0 aromatic carbocycles. The maximum Gasteiger partial charge on any atom is 0.304 e. The van der Waals surface area contributed by atoms with Gasteiger partial charge >= 0.3 is 5.97 Å². The largest absolute Gasteiger partial charge is 0.481 e. The summed E-state index contributed by atoms with van der Waals surface area (Å²) in [4.78, 5) is 12.7. The van der Waals surface area contributed by atoms with E-state index in [1.807, 2.05) is 0 Å². The van der Waals surface area contributed by atoms with Gasteiger partial charge in [-0.15, -0.1) is 0 Å². The summed E-state index contributed by atoms with van der Waals surface area (Å²) in [6, 6.07) is 0.231. The fourth-order valence-corrected chi connectivity index (χ4v) is 1.76. The van der Waals surface area contributed by atoms with Crippen molar-refractivity contribution in [2.45, 2.75) is 45.7 Å². The number of aliphatic carboxylic acids is 1. The molecule has 0 saturated carbocycles. The van der Waals surface area contributed by atoms with Gasteiger partial charge in [0.1, 0.15) is 0 Å². The van der Waals surface area contributed by atoms with E-state index < -0.39 is 5.97 Å². The minimum Gasteiger partial charge on any atom is -0.481 e. The first kappa shape index (κ1) is 14.4. The first-order valence-corrected chi connectivity index (χ1v) is 5.26. The second-order valence-electron chi connectivity index (χ2n) is 4.81. The lowest BCUT2D eigenvalue weighted by Crippen LogP contribution is -2.49. The summed E-state index contributed by atoms with van der Waals surface area (Å²) in [5.41, 5.74) is -0.0343. The Morgan fingerprint density at radius 2 is 2.00 bits per heavy atom. The molecule has 4 heteroatoms. The van der Waals surface area contributed by atoms with Crippen molar-refractivity contribution < 1.29 is 14.6 Å². The van der Waals surface area contributed by atoms with E-state index >= 15 is 0 Å². The first-order chi connectivity index (χ1) is 6.79. The van der Waals surface area contributed by atoms with E-state index in [9.17, 15) is 4.79 Å². The van der Waals surface area contributed by atoms with Gasteiger partial charge in [0.2, 0.25) is 0 Å². The molecule has 15 heavy (non-hydrogen) atoms. The molecule has 0 saturated heterocycles. The van der Waals surface area contributed by atoms with Crippen LogP contribution in [0.2, 0.25) is 0 Å². The smallest absolute Gasteiger partial charge is 0.304 e. The van der Waals surface area contributed by atoms with Crippen molar-refractivity contribution in [2.75, 3.05) is 20.3 Å². The Morgan fingerprint density at radius 3 is 2.33 bits per heavy atom. The van der Waals surface area contributed by atoms with Crippen molar-refractivity contribution in [1.29, 1.82) is 0 Å². The molecule has 0 heterocycles. The molecule has 0 spiro atoms. The summed E-state index contributed by atoms with van der Waals surface area (Å²) in [6.07, 6.45) is 0.172. The molecule has 0 aromatic rings. The third-order valence-corrected chi connectivity index (χ3v) is 2.37. The summed E-state index contributed by atoms with van der Waals surface area (Å²) in [6.45, 7) is 9.49. The molecule has 0 fully saturated rings. The molecule has 0 radical (unpaired) electrons. The van der Waals surface area contributed by atoms with E-state index in [0.29, 0.717) is 13.2 Å². The third-order valence-electron chi connectivity index (χ3n) is 2.37. The zero-order valence-corrected chi connectivity index (χ0v) is 10.4. The molecule has 1 unspecified atom stereocenters. The highest BCUT2D eigenvalue weighted by atomic mass is 16.5. The minimum absolute atomic E-state index is 0.0343. The van der Waals surface area contributed by atoms with Gasteiger partial charge < -0.3 is 9.84 Å². The number of hydrogen-bond donors (Lipinski definition) is 1. The van der Waals surface area contributed by atoms with Crippen LogP contribution in [-0.4, -0.2) is 47.8 Å². The van der Waals surface area contributed by atoms with Crippen LogP contribution in [0.1, 0.15) is 34.1 Å². The van der Waals surface area contributed by atoms with Gasteiger partial charge in [-0.25, -0.2) is 0 Å². The van der Waals surface area contributed by atoms with Crippen LogP contribution in [-0.2, 0) is 9.53 Å². The summed E-state index contributed by atoms with van der Waals surface area (Å²) >= 11 is 0. The highest BCUT2D eigenvalue weighted by Crippen LogP contribution is 2.17. The number of methoxy groups -OCH3 is 1. The Kier molecular flexibility index (Phi) is 5.83. The van der Waals surface area contributed by atoms with Gasteiger partial charge in [-0.05, 0) is 27.7 Å². The van der Waals surface area contributed by atoms with Crippen LogP contribution in [0.4, 0.5) is 0 Å². The molecule has 0 rings (SSSR count). The molecule has 0 aromatic heterocycles. The lowest BCUT2D eigenvalue weighted by atomic mass is 10.0. The van der Waals surface area contributed by atoms with Crippen LogP contribution >= 0.6 is 0 Å². The van der Waals surface area contributed by atoms with E-state index in [4.69, 9.17) is 9.84 Å². The second-order valence-corrected chi connectivity index (χ2v) is 4.81. The number of nitrogens with zero attached hydrogens (tertiary/aromatic N) is 1. The van der Waals surface area contributed by atoms with Gasteiger partial charge in [-0.1, -0.05) is 0 Å². The van der Waals surface area contributed by atoms with Crippen LogP contribution in [0, 0.1) is 0 Å². The summed E-state index contributed by atoms with van der Waals surface area (Å²) in [5, 5.41) is 8.68. The van der Waals surface area contributed by atoms with Crippen LogP contribution in [0.25, 0.3) is 0 Å². The Morgan fingerprint density at radius 1 is 1.47 bits per heavy atom. The standard InChI is InChI=1S/C11H23NO3/c1-9(8-15-5)12(11(2,3)4)7-6-10(13)14/h9H,6-8H2,1-5H3,(H,13,14). The number of carboxylic acids is 1. The quantitative estimate of drug-likeness (QED) is 0.734. The van der Waals surface area contributed by atoms with E-state index in [1.54, 1.807) is 7.11 Å². The molecule has 0 aliphatic rings. The van der Waals surface area contributed by atoms with Crippen molar-refractivity contribution in [3.05, 3.63) is 0 Å². The van der Waals surface area contributed by atoms with Gasteiger partial charge in [0.25, 0.3) is 0 Å². The summed E-state index contributed by atoms with van der Waals surface area (Å²) in [7, 11) is 1.66. The lowest BCUT2D eigenvalue weighted by molar-refractivity contribution is -0.137. The molecule has 0 bridgehead atoms. The maximum absolute atomic E-state index is 10.6. The van der Waals surface area contributed by atoms with Crippen molar-refractivity contribution in [1.82, 2.24) is 4.90 Å². The van der Waals surface area contributed by atoms with Crippen molar-refractivity contribution in [3.8, 4) is 0 Å². The molecular weight excluding hydrogens is 194 g/mol. The molecular formula is C11H23NO3. The van der Waals surface area contributed by atoms with Crippen molar-refractivity contribution >= 4 is 5.97 Å². The fourth-order valence-electron chi connectivity index (χ4n) is 1.76. The zero-order valence-electron chi connectivity index (χ0n) is 10.4. The molecule has 4 nitrogen and oxygen atoms in total. The van der Waals surface area contributed by atoms with E-state index in [1.165, 1.54) is 0 Å². The monoisotopic (exact) mass is 217 g/mol. The number of carboxylic acid groups (broad SMARTS) is 1. The molecule has 1 atom stereocenters. The third kappa shape index (κ3) is 5.74. The average molecular weight is 217 g/mol. The summed E-state index contributed by atoms with van der Waals surface area (Å²) < 4.78 is 5.10. The topological polar surface area (TPSA) is 49.8 Å². The molecule has 90 valence electrons. The average Bonchev–Trinajstić information content (AvgIpc) is 2.01. The number of carbonyl (C=O) groups is 1. The Hall–Kier alpha value is -0.610. The Balaban J connectivity index is 4.37. The summed E-state index contributed by atoms with van der Waals surface area (Å²) in [5.74, 6) is -0.756. The molecule has 1 N–H and O–H groups in total. The van der Waals surface area contributed by atoms with Crippen LogP contribution in [0.5, 0.6) is 0 Å². The van der Waals surface area contributed by atoms with Gasteiger partial charge in [0, 0.05) is 25.2 Å². The highest BCUT2D eigenvalue weighted by molar-refractivity contribution is 5.66. The molecule has 0 aliphatic carbocycles. The fraction of sp³-hybridized carbons (Fsp3) is 0.909.